The van der Waals surface area contributed by atoms with Crippen molar-refractivity contribution in [3.8, 4) is 11.4 Å². The van der Waals surface area contributed by atoms with Crippen LogP contribution in [0.15, 0.2) is 45.4 Å². The van der Waals surface area contributed by atoms with E-state index in [0.29, 0.717) is 40.3 Å². The molecular formula is C16H13FN6OS2. The average molecular weight is 388 g/mol. The number of rotatable bonds is 6. The number of hydrogen-bond donors (Lipinski definition) is 0. The van der Waals surface area contributed by atoms with Crippen molar-refractivity contribution in [1.82, 2.24) is 30.3 Å². The minimum absolute atomic E-state index is 0.295. The number of aromatic nitrogens is 6. The topological polar surface area (TPSA) is 82.5 Å². The summed E-state index contributed by atoms with van der Waals surface area (Å²) in [5.74, 6) is 0.914. The van der Waals surface area contributed by atoms with Crippen molar-refractivity contribution in [2.75, 3.05) is 0 Å². The molecule has 7 nitrogen and oxygen atoms in total. The van der Waals surface area contributed by atoms with Crippen molar-refractivity contribution in [2.45, 2.75) is 24.4 Å². The van der Waals surface area contributed by atoms with Crippen LogP contribution in [0.5, 0.6) is 0 Å². The molecule has 0 aliphatic rings. The van der Waals surface area contributed by atoms with Crippen LogP contribution in [-0.2, 0) is 12.3 Å². The highest BCUT2D eigenvalue weighted by molar-refractivity contribution is 7.98. The summed E-state index contributed by atoms with van der Waals surface area (Å²) in [5, 5.41) is 18.4. The SMILES string of the molecule is Cc1ccc(-c2noc(CSc3nnnn3Cc3cccs3)n2)cc1F. The van der Waals surface area contributed by atoms with Crippen LogP contribution in [0.25, 0.3) is 11.4 Å². The predicted molar refractivity (Wildman–Crippen MR) is 95.2 cm³/mol. The van der Waals surface area contributed by atoms with Crippen molar-refractivity contribution >= 4 is 23.1 Å². The minimum Gasteiger partial charge on any atom is -0.338 e. The molecule has 0 bridgehead atoms. The number of nitrogens with zero attached hydrogens (tertiary/aromatic N) is 6. The van der Waals surface area contributed by atoms with Gasteiger partial charge in [0.25, 0.3) is 0 Å². The van der Waals surface area contributed by atoms with E-state index in [9.17, 15) is 4.39 Å². The third-order valence-electron chi connectivity index (χ3n) is 3.61. The second kappa shape index (κ2) is 7.34. The number of benzene rings is 1. The zero-order chi connectivity index (χ0) is 17.9. The summed E-state index contributed by atoms with van der Waals surface area (Å²) in [6.07, 6.45) is 0. The molecule has 0 fully saturated rings. The zero-order valence-electron chi connectivity index (χ0n) is 13.7. The Morgan fingerprint density at radius 1 is 1.31 bits per heavy atom. The monoisotopic (exact) mass is 388 g/mol. The van der Waals surface area contributed by atoms with Gasteiger partial charge >= 0.3 is 0 Å². The van der Waals surface area contributed by atoms with Crippen LogP contribution in [0.4, 0.5) is 4.39 Å². The molecule has 0 unspecified atom stereocenters. The molecule has 0 saturated carbocycles. The van der Waals surface area contributed by atoms with Crippen LogP contribution in [0.1, 0.15) is 16.3 Å². The van der Waals surface area contributed by atoms with Gasteiger partial charge in [0.1, 0.15) is 5.82 Å². The van der Waals surface area contributed by atoms with Gasteiger partial charge in [0.15, 0.2) is 0 Å². The van der Waals surface area contributed by atoms with Gasteiger partial charge < -0.3 is 4.52 Å². The van der Waals surface area contributed by atoms with Crippen molar-refractivity contribution in [3.05, 3.63) is 57.9 Å². The summed E-state index contributed by atoms with van der Waals surface area (Å²) in [5.41, 5.74) is 1.15. The molecule has 0 saturated heterocycles. The molecule has 4 aromatic rings. The molecule has 3 heterocycles. The van der Waals surface area contributed by atoms with Gasteiger partial charge in [0, 0.05) is 10.4 Å². The molecule has 132 valence electrons. The van der Waals surface area contributed by atoms with Crippen LogP contribution >= 0.6 is 23.1 Å². The van der Waals surface area contributed by atoms with E-state index in [-0.39, 0.29) is 5.82 Å². The molecule has 0 aliphatic carbocycles. The Hall–Kier alpha value is -2.59. The summed E-state index contributed by atoms with van der Waals surface area (Å²) in [4.78, 5) is 5.48. The molecule has 4 rings (SSSR count). The van der Waals surface area contributed by atoms with Gasteiger partial charge in [-0.1, -0.05) is 35.1 Å². The molecule has 3 aromatic heterocycles. The highest BCUT2D eigenvalue weighted by Gasteiger charge is 2.13. The number of thiophene rings is 1. The van der Waals surface area contributed by atoms with Crippen molar-refractivity contribution in [3.63, 3.8) is 0 Å². The van der Waals surface area contributed by atoms with Crippen molar-refractivity contribution in [1.29, 1.82) is 0 Å². The van der Waals surface area contributed by atoms with Gasteiger partial charge in [-0.15, -0.1) is 16.4 Å². The summed E-state index contributed by atoms with van der Waals surface area (Å²) in [6.45, 7) is 2.32. The smallest absolute Gasteiger partial charge is 0.237 e. The van der Waals surface area contributed by atoms with E-state index in [1.54, 1.807) is 35.1 Å². The minimum atomic E-state index is -0.295. The fourth-order valence-corrected chi connectivity index (χ4v) is 3.64. The van der Waals surface area contributed by atoms with E-state index in [4.69, 9.17) is 4.52 Å². The normalized spacial score (nSPS) is 11.2. The van der Waals surface area contributed by atoms with Crippen molar-refractivity contribution < 1.29 is 8.91 Å². The molecule has 0 radical (unpaired) electrons. The highest BCUT2D eigenvalue weighted by atomic mass is 32.2. The maximum absolute atomic E-state index is 13.7. The Labute approximate surface area is 156 Å². The van der Waals surface area contributed by atoms with Crippen LogP contribution in [0, 0.1) is 12.7 Å². The van der Waals surface area contributed by atoms with Gasteiger partial charge in [-0.3, -0.25) is 0 Å². The van der Waals surface area contributed by atoms with Gasteiger partial charge in [0.2, 0.25) is 16.9 Å². The van der Waals surface area contributed by atoms with E-state index in [1.165, 1.54) is 22.7 Å². The first-order valence-electron chi connectivity index (χ1n) is 7.69. The van der Waals surface area contributed by atoms with Gasteiger partial charge in [-0.2, -0.15) is 4.98 Å². The molecule has 10 heteroatoms. The molecule has 0 atom stereocenters. The Morgan fingerprint density at radius 3 is 3.04 bits per heavy atom. The Morgan fingerprint density at radius 2 is 2.23 bits per heavy atom. The summed E-state index contributed by atoms with van der Waals surface area (Å²) in [7, 11) is 0. The summed E-state index contributed by atoms with van der Waals surface area (Å²) >= 11 is 3.05. The van der Waals surface area contributed by atoms with Gasteiger partial charge in [-0.05, 0) is 40.4 Å². The van der Waals surface area contributed by atoms with Crippen LogP contribution < -0.4 is 0 Å². The number of halogens is 1. The van der Waals surface area contributed by atoms with Gasteiger partial charge in [-0.25, -0.2) is 9.07 Å². The second-order valence-electron chi connectivity index (χ2n) is 5.46. The molecule has 1 aromatic carbocycles. The lowest BCUT2D eigenvalue weighted by atomic mass is 10.1. The first kappa shape index (κ1) is 16.9. The molecule has 0 spiro atoms. The number of thioether (sulfide) groups is 1. The highest BCUT2D eigenvalue weighted by Crippen LogP contribution is 2.23. The van der Waals surface area contributed by atoms with E-state index >= 15 is 0 Å². The third kappa shape index (κ3) is 3.65. The molecule has 0 aliphatic heterocycles. The quantitative estimate of drug-likeness (QED) is 0.467. The predicted octanol–water partition coefficient (Wildman–Crippen LogP) is 3.57. The number of aryl methyl sites for hydroxylation is 1. The standard InChI is InChI=1S/C16H13FN6OS2/c1-10-4-5-11(7-13(10)17)15-18-14(24-20-15)9-26-16-19-21-22-23(16)8-12-3-2-6-25-12/h2-7H,8-9H2,1H3. The van der Waals surface area contributed by atoms with Crippen LogP contribution in [0.3, 0.4) is 0 Å². The van der Waals surface area contributed by atoms with E-state index in [2.05, 4.69) is 25.7 Å². The fraction of sp³-hybridized carbons (Fsp3) is 0.188. The Balaban J connectivity index is 1.44. The Kier molecular flexibility index (Phi) is 4.76. The lowest BCUT2D eigenvalue weighted by Gasteiger charge is -2.00. The summed E-state index contributed by atoms with van der Waals surface area (Å²) in [6, 6.07) is 8.88. The zero-order valence-corrected chi connectivity index (χ0v) is 15.3. The molecule has 0 amide bonds. The van der Waals surface area contributed by atoms with E-state index in [0.717, 1.165) is 0 Å². The van der Waals surface area contributed by atoms with Crippen LogP contribution in [-0.4, -0.2) is 30.3 Å². The molecule has 26 heavy (non-hydrogen) atoms. The number of hydrogen-bond acceptors (Lipinski definition) is 8. The lowest BCUT2D eigenvalue weighted by molar-refractivity contribution is 0.391. The second-order valence-corrected chi connectivity index (χ2v) is 7.44. The first-order chi connectivity index (χ1) is 12.7. The molecule has 0 N–H and O–H groups in total. The van der Waals surface area contributed by atoms with E-state index < -0.39 is 0 Å². The fourth-order valence-electron chi connectivity index (χ4n) is 2.24. The van der Waals surface area contributed by atoms with E-state index in [1.807, 2.05) is 17.5 Å². The maximum Gasteiger partial charge on any atom is 0.237 e. The van der Waals surface area contributed by atoms with Gasteiger partial charge in [0.05, 0.1) is 12.3 Å². The third-order valence-corrected chi connectivity index (χ3v) is 5.41. The lowest BCUT2D eigenvalue weighted by Crippen LogP contribution is -2.02. The average Bonchev–Trinajstić information content (AvgIpc) is 3.38. The molecular weight excluding hydrogens is 375 g/mol. The first-order valence-corrected chi connectivity index (χ1v) is 9.56. The van der Waals surface area contributed by atoms with Crippen molar-refractivity contribution in [2.24, 2.45) is 0 Å². The number of tetrazole rings is 1. The maximum atomic E-state index is 13.7. The summed E-state index contributed by atoms with van der Waals surface area (Å²) < 4.78 is 20.7. The van der Waals surface area contributed by atoms with Crippen LogP contribution in [0.2, 0.25) is 0 Å². The Bertz CT molecular complexity index is 1010. The largest absolute Gasteiger partial charge is 0.338 e.